The fourth-order valence-corrected chi connectivity index (χ4v) is 3.44. The standard InChI is InChI=1S/C23H18N6O/c1-29-14-21(22(28-29)19-7-2-3-11-24-19)27-23(30)20-10-5-9-18(26-20)16-12-15-6-4-8-17(15)25-13-16/h2-7,9-14H,8H2,1H3,(H,27,30). The van der Waals surface area contributed by atoms with E-state index in [1.165, 1.54) is 0 Å². The Kier molecular flexibility index (Phi) is 4.40. The lowest BCUT2D eigenvalue weighted by Gasteiger charge is -2.07. The van der Waals surface area contributed by atoms with Gasteiger partial charge in [-0.15, -0.1) is 0 Å². The molecular formula is C23H18N6O. The van der Waals surface area contributed by atoms with Crippen molar-refractivity contribution in [3.63, 3.8) is 0 Å². The van der Waals surface area contributed by atoms with Gasteiger partial charge in [0.05, 0.1) is 22.8 Å². The second-order valence-electron chi connectivity index (χ2n) is 7.01. The number of allylic oxidation sites excluding steroid dienone is 1. The van der Waals surface area contributed by atoms with Gasteiger partial charge in [0.2, 0.25) is 0 Å². The maximum absolute atomic E-state index is 12.9. The summed E-state index contributed by atoms with van der Waals surface area (Å²) in [5.41, 5.74) is 5.94. The summed E-state index contributed by atoms with van der Waals surface area (Å²) >= 11 is 0. The quantitative estimate of drug-likeness (QED) is 0.570. The van der Waals surface area contributed by atoms with Crippen molar-refractivity contribution in [3.8, 4) is 22.6 Å². The zero-order chi connectivity index (χ0) is 20.5. The number of aryl methyl sites for hydroxylation is 1. The minimum Gasteiger partial charge on any atom is -0.317 e. The summed E-state index contributed by atoms with van der Waals surface area (Å²) in [6.45, 7) is 0. The van der Waals surface area contributed by atoms with Gasteiger partial charge in [0.15, 0.2) is 0 Å². The predicted molar refractivity (Wildman–Crippen MR) is 115 cm³/mol. The van der Waals surface area contributed by atoms with Gasteiger partial charge in [0, 0.05) is 37.6 Å². The van der Waals surface area contributed by atoms with Crippen LogP contribution in [0.2, 0.25) is 0 Å². The van der Waals surface area contributed by atoms with Crippen molar-refractivity contribution in [3.05, 3.63) is 84.1 Å². The van der Waals surface area contributed by atoms with E-state index in [4.69, 9.17) is 0 Å². The Balaban J connectivity index is 1.43. The Bertz CT molecular complexity index is 1280. The highest BCUT2D eigenvalue weighted by atomic mass is 16.1. The number of rotatable bonds is 4. The average molecular weight is 394 g/mol. The summed E-state index contributed by atoms with van der Waals surface area (Å²) in [6.07, 6.45) is 10.3. The average Bonchev–Trinajstić information content (AvgIpc) is 3.40. The first-order chi connectivity index (χ1) is 14.7. The van der Waals surface area contributed by atoms with E-state index < -0.39 is 0 Å². The molecule has 0 radical (unpaired) electrons. The van der Waals surface area contributed by atoms with Crippen molar-refractivity contribution in [1.29, 1.82) is 0 Å². The lowest BCUT2D eigenvalue weighted by atomic mass is 10.1. The molecule has 0 atom stereocenters. The molecule has 0 aliphatic heterocycles. The molecule has 4 heterocycles. The molecule has 1 N–H and O–H groups in total. The Morgan fingerprint density at radius 2 is 2.00 bits per heavy atom. The molecule has 1 amide bonds. The van der Waals surface area contributed by atoms with Gasteiger partial charge in [0.1, 0.15) is 11.4 Å². The smallest absolute Gasteiger partial charge is 0.274 e. The van der Waals surface area contributed by atoms with Crippen LogP contribution in [-0.2, 0) is 13.5 Å². The fourth-order valence-electron chi connectivity index (χ4n) is 3.44. The number of anilines is 1. The highest BCUT2D eigenvalue weighted by Crippen LogP contribution is 2.26. The normalized spacial score (nSPS) is 12.0. The molecule has 4 aromatic heterocycles. The van der Waals surface area contributed by atoms with E-state index in [-0.39, 0.29) is 5.91 Å². The lowest BCUT2D eigenvalue weighted by Crippen LogP contribution is -2.14. The van der Waals surface area contributed by atoms with Crippen LogP contribution in [0.4, 0.5) is 5.69 Å². The largest absolute Gasteiger partial charge is 0.317 e. The monoisotopic (exact) mass is 394 g/mol. The van der Waals surface area contributed by atoms with E-state index in [9.17, 15) is 4.79 Å². The molecule has 0 spiro atoms. The van der Waals surface area contributed by atoms with Gasteiger partial charge in [-0.25, -0.2) is 4.98 Å². The molecule has 0 aromatic carbocycles. The molecule has 1 aliphatic carbocycles. The molecule has 7 nitrogen and oxygen atoms in total. The zero-order valence-corrected chi connectivity index (χ0v) is 16.3. The first kappa shape index (κ1) is 17.9. The lowest BCUT2D eigenvalue weighted by molar-refractivity contribution is 0.102. The van der Waals surface area contributed by atoms with Crippen LogP contribution in [0, 0.1) is 0 Å². The Morgan fingerprint density at radius 3 is 2.87 bits per heavy atom. The summed E-state index contributed by atoms with van der Waals surface area (Å²) in [6, 6.07) is 13.0. The van der Waals surface area contributed by atoms with Gasteiger partial charge in [-0.05, 0) is 35.9 Å². The number of carbonyl (C=O) groups is 1. The highest BCUT2D eigenvalue weighted by Gasteiger charge is 2.17. The number of carbonyl (C=O) groups excluding carboxylic acids is 1. The number of nitrogens with one attached hydrogen (secondary N) is 1. The number of nitrogens with zero attached hydrogens (tertiary/aromatic N) is 5. The van der Waals surface area contributed by atoms with E-state index in [1.807, 2.05) is 30.3 Å². The first-order valence-electron chi connectivity index (χ1n) is 9.57. The van der Waals surface area contributed by atoms with Gasteiger partial charge < -0.3 is 5.32 Å². The number of fused-ring (bicyclic) bond motifs is 1. The molecule has 30 heavy (non-hydrogen) atoms. The molecular weight excluding hydrogens is 376 g/mol. The van der Waals surface area contributed by atoms with Crippen LogP contribution >= 0.6 is 0 Å². The van der Waals surface area contributed by atoms with Crippen molar-refractivity contribution in [2.45, 2.75) is 6.42 Å². The predicted octanol–water partition coefficient (Wildman–Crippen LogP) is 3.76. The van der Waals surface area contributed by atoms with Crippen molar-refractivity contribution in [2.75, 3.05) is 5.32 Å². The Hall–Kier alpha value is -4.13. The number of aromatic nitrogens is 5. The van der Waals surface area contributed by atoms with Gasteiger partial charge in [0.25, 0.3) is 5.91 Å². The van der Waals surface area contributed by atoms with E-state index in [1.54, 1.807) is 36.4 Å². The fraction of sp³-hybridized carbons (Fsp3) is 0.0870. The van der Waals surface area contributed by atoms with Crippen molar-refractivity contribution >= 4 is 17.7 Å². The van der Waals surface area contributed by atoms with Crippen LogP contribution in [0.25, 0.3) is 28.7 Å². The van der Waals surface area contributed by atoms with E-state index in [0.717, 1.165) is 23.2 Å². The first-order valence-corrected chi connectivity index (χ1v) is 9.57. The van der Waals surface area contributed by atoms with Gasteiger partial charge in [-0.3, -0.25) is 19.4 Å². The number of hydrogen-bond donors (Lipinski definition) is 1. The Morgan fingerprint density at radius 1 is 1.10 bits per heavy atom. The van der Waals surface area contributed by atoms with Crippen LogP contribution in [0.3, 0.4) is 0 Å². The van der Waals surface area contributed by atoms with E-state index >= 15 is 0 Å². The molecule has 0 saturated carbocycles. The zero-order valence-electron chi connectivity index (χ0n) is 16.3. The van der Waals surface area contributed by atoms with Crippen LogP contribution in [0.5, 0.6) is 0 Å². The minimum absolute atomic E-state index is 0.309. The third-order valence-corrected chi connectivity index (χ3v) is 4.87. The van der Waals surface area contributed by atoms with Crippen molar-refractivity contribution in [1.82, 2.24) is 24.7 Å². The van der Waals surface area contributed by atoms with Crippen LogP contribution in [0.15, 0.2) is 67.1 Å². The third kappa shape index (κ3) is 3.37. The summed E-state index contributed by atoms with van der Waals surface area (Å²) in [4.78, 5) is 26.3. The second kappa shape index (κ2) is 7.36. The summed E-state index contributed by atoms with van der Waals surface area (Å²) in [5, 5.41) is 7.35. The van der Waals surface area contributed by atoms with Crippen LogP contribution in [0.1, 0.15) is 21.7 Å². The van der Waals surface area contributed by atoms with Crippen molar-refractivity contribution in [2.24, 2.45) is 7.05 Å². The maximum Gasteiger partial charge on any atom is 0.274 e. The molecule has 0 fully saturated rings. The topological polar surface area (TPSA) is 85.6 Å². The van der Waals surface area contributed by atoms with Crippen molar-refractivity contribution < 1.29 is 4.79 Å². The highest BCUT2D eigenvalue weighted by molar-refractivity contribution is 6.04. The Labute approximate surface area is 173 Å². The molecule has 5 rings (SSSR count). The van der Waals surface area contributed by atoms with Crippen LogP contribution < -0.4 is 5.32 Å². The summed E-state index contributed by atoms with van der Waals surface area (Å²) in [7, 11) is 1.80. The van der Waals surface area contributed by atoms with E-state index in [0.29, 0.717) is 28.5 Å². The van der Waals surface area contributed by atoms with Gasteiger partial charge in [-0.1, -0.05) is 24.3 Å². The summed E-state index contributed by atoms with van der Waals surface area (Å²) < 4.78 is 1.65. The van der Waals surface area contributed by atoms with Crippen LogP contribution in [-0.4, -0.2) is 30.6 Å². The molecule has 0 unspecified atom stereocenters. The number of hydrogen-bond acceptors (Lipinski definition) is 5. The molecule has 146 valence electrons. The third-order valence-electron chi connectivity index (χ3n) is 4.87. The number of amides is 1. The summed E-state index contributed by atoms with van der Waals surface area (Å²) in [5.74, 6) is -0.309. The molecule has 7 heteroatoms. The molecule has 0 saturated heterocycles. The SMILES string of the molecule is Cn1cc(NC(=O)c2cccc(-c3cnc4c(c3)C=CC4)n2)c(-c2ccccn2)n1. The van der Waals surface area contributed by atoms with E-state index in [2.05, 4.69) is 43.6 Å². The van der Waals surface area contributed by atoms with Gasteiger partial charge >= 0.3 is 0 Å². The minimum atomic E-state index is -0.309. The molecule has 0 bridgehead atoms. The molecule has 4 aromatic rings. The second-order valence-corrected chi connectivity index (χ2v) is 7.01. The maximum atomic E-state index is 12.9. The molecule has 1 aliphatic rings. The number of pyridine rings is 3. The van der Waals surface area contributed by atoms with Gasteiger partial charge in [-0.2, -0.15) is 5.10 Å².